The van der Waals surface area contributed by atoms with E-state index in [2.05, 4.69) is 22.3 Å². The van der Waals surface area contributed by atoms with E-state index in [9.17, 15) is 19.1 Å². The summed E-state index contributed by atoms with van der Waals surface area (Å²) in [4.78, 5) is 31.8. The maximum Gasteiger partial charge on any atom is 0.236 e. The number of phenolic OH excluding ortho intramolecular Hbond substituents is 1. The van der Waals surface area contributed by atoms with Crippen LogP contribution in [0.2, 0.25) is 5.02 Å². The van der Waals surface area contributed by atoms with Crippen LogP contribution < -0.4 is 10.2 Å². The third-order valence-electron chi connectivity index (χ3n) is 7.26. The highest BCUT2D eigenvalue weighted by atomic mass is 35.5. The van der Waals surface area contributed by atoms with Crippen LogP contribution in [-0.2, 0) is 9.59 Å². The monoisotopic (exact) mass is 536 g/mol. The van der Waals surface area contributed by atoms with E-state index in [0.717, 1.165) is 29.9 Å². The standard InChI is InChI=1S/C29H30ClFN4O3/c30-26-17-24(7-10-27(26)36)32-29(38)22-11-12-33(18-22)19-28(37)35-15-13-34(14-16-35)25-8-3-21(4-9-25)20-1-5-23(31)6-2-20/h1-10,17,22,36H,11-16,18-19H2,(H,32,38)/t22-/m1/s1. The highest BCUT2D eigenvalue weighted by Crippen LogP contribution is 2.27. The summed E-state index contributed by atoms with van der Waals surface area (Å²) in [5, 5.41) is 12.6. The lowest BCUT2D eigenvalue weighted by Crippen LogP contribution is -2.51. The Hall–Kier alpha value is -3.62. The number of benzene rings is 3. The molecule has 2 aliphatic rings. The first-order valence-electron chi connectivity index (χ1n) is 12.8. The van der Waals surface area contributed by atoms with Gasteiger partial charge in [-0.15, -0.1) is 0 Å². The van der Waals surface area contributed by atoms with Crippen molar-refractivity contribution in [3.05, 3.63) is 77.6 Å². The molecule has 2 heterocycles. The van der Waals surface area contributed by atoms with Crippen molar-refractivity contribution < 1.29 is 19.1 Å². The van der Waals surface area contributed by atoms with Crippen LogP contribution >= 0.6 is 11.6 Å². The van der Waals surface area contributed by atoms with Gasteiger partial charge in [-0.05, 0) is 66.6 Å². The molecule has 3 aromatic carbocycles. The quantitative estimate of drug-likeness (QED) is 0.455. The van der Waals surface area contributed by atoms with Crippen LogP contribution in [0.15, 0.2) is 66.7 Å². The van der Waals surface area contributed by atoms with Crippen LogP contribution in [0.3, 0.4) is 0 Å². The second-order valence-corrected chi connectivity index (χ2v) is 10.2. The van der Waals surface area contributed by atoms with Crippen molar-refractivity contribution in [3.8, 4) is 16.9 Å². The van der Waals surface area contributed by atoms with E-state index in [4.69, 9.17) is 11.6 Å². The fourth-order valence-corrected chi connectivity index (χ4v) is 5.21. The van der Waals surface area contributed by atoms with Crippen molar-refractivity contribution in [2.45, 2.75) is 6.42 Å². The zero-order valence-corrected chi connectivity index (χ0v) is 21.7. The van der Waals surface area contributed by atoms with Crippen molar-refractivity contribution in [3.63, 3.8) is 0 Å². The number of aromatic hydroxyl groups is 1. The fourth-order valence-electron chi connectivity index (χ4n) is 5.03. The average molecular weight is 537 g/mol. The Kier molecular flexibility index (Phi) is 7.81. The van der Waals surface area contributed by atoms with Crippen molar-refractivity contribution in [1.82, 2.24) is 9.80 Å². The lowest BCUT2D eigenvalue weighted by atomic mass is 10.1. The molecule has 2 N–H and O–H groups in total. The van der Waals surface area contributed by atoms with Crippen LogP contribution in [0.5, 0.6) is 5.75 Å². The molecule has 2 aliphatic heterocycles. The third-order valence-corrected chi connectivity index (χ3v) is 7.56. The molecule has 0 spiro atoms. The summed E-state index contributed by atoms with van der Waals surface area (Å²) in [6.07, 6.45) is 0.687. The number of rotatable bonds is 6. The number of nitrogens with zero attached hydrogens (tertiary/aromatic N) is 3. The van der Waals surface area contributed by atoms with Gasteiger partial charge in [0.15, 0.2) is 0 Å². The summed E-state index contributed by atoms with van der Waals surface area (Å²) in [6, 6.07) is 19.3. The van der Waals surface area contributed by atoms with Gasteiger partial charge in [0.05, 0.1) is 17.5 Å². The zero-order valence-electron chi connectivity index (χ0n) is 20.9. The summed E-state index contributed by atoms with van der Waals surface area (Å²) in [6.45, 7) is 4.34. The van der Waals surface area contributed by atoms with Gasteiger partial charge in [-0.2, -0.15) is 0 Å². The Labute approximate surface area is 226 Å². The van der Waals surface area contributed by atoms with Gasteiger partial charge in [0.25, 0.3) is 0 Å². The van der Waals surface area contributed by atoms with Crippen molar-refractivity contribution in [2.24, 2.45) is 5.92 Å². The Balaban J connectivity index is 1.07. The Bertz CT molecular complexity index is 1290. The molecule has 2 saturated heterocycles. The predicted octanol–water partition coefficient (Wildman–Crippen LogP) is 4.46. The number of piperazine rings is 1. The summed E-state index contributed by atoms with van der Waals surface area (Å²) in [5.74, 6) is -0.506. The Morgan fingerprint density at radius 3 is 2.24 bits per heavy atom. The van der Waals surface area contributed by atoms with E-state index in [-0.39, 0.29) is 34.3 Å². The molecule has 5 rings (SSSR count). The second-order valence-electron chi connectivity index (χ2n) is 9.80. The molecular weight excluding hydrogens is 507 g/mol. The van der Waals surface area contributed by atoms with Crippen LogP contribution in [0, 0.1) is 11.7 Å². The number of hydrogen-bond acceptors (Lipinski definition) is 5. The predicted molar refractivity (Wildman–Crippen MR) is 147 cm³/mol. The molecule has 38 heavy (non-hydrogen) atoms. The molecular formula is C29H30ClFN4O3. The minimum Gasteiger partial charge on any atom is -0.506 e. The van der Waals surface area contributed by atoms with E-state index in [1.165, 1.54) is 24.3 Å². The van der Waals surface area contributed by atoms with Crippen LogP contribution in [0.4, 0.5) is 15.8 Å². The van der Waals surface area contributed by atoms with Gasteiger partial charge in [-0.25, -0.2) is 4.39 Å². The molecule has 2 fully saturated rings. The lowest BCUT2D eigenvalue weighted by molar-refractivity contribution is -0.132. The number of anilines is 2. The first-order valence-corrected chi connectivity index (χ1v) is 13.1. The van der Waals surface area contributed by atoms with Crippen LogP contribution in [0.1, 0.15) is 6.42 Å². The summed E-state index contributed by atoms with van der Waals surface area (Å²) in [5.41, 5.74) is 3.65. The SMILES string of the molecule is O=C(Nc1ccc(O)c(Cl)c1)[C@@H]1CCN(CC(=O)N2CCN(c3ccc(-c4ccc(F)cc4)cc3)CC2)C1. The molecule has 198 valence electrons. The van der Waals surface area contributed by atoms with E-state index in [1.54, 1.807) is 18.2 Å². The van der Waals surface area contributed by atoms with Crippen LogP contribution in [0.25, 0.3) is 11.1 Å². The summed E-state index contributed by atoms with van der Waals surface area (Å²) in [7, 11) is 0. The molecule has 0 unspecified atom stereocenters. The maximum atomic E-state index is 13.2. The second kappa shape index (κ2) is 11.4. The van der Waals surface area contributed by atoms with Crippen molar-refractivity contribution in [2.75, 3.05) is 56.0 Å². The zero-order chi connectivity index (χ0) is 26.6. The number of nitrogens with one attached hydrogen (secondary N) is 1. The first-order chi connectivity index (χ1) is 18.4. The molecule has 2 amide bonds. The number of phenols is 1. The smallest absolute Gasteiger partial charge is 0.236 e. The van der Waals surface area contributed by atoms with E-state index in [0.29, 0.717) is 44.8 Å². The molecule has 0 saturated carbocycles. The summed E-state index contributed by atoms with van der Waals surface area (Å²) >= 11 is 5.92. The number of hydrogen-bond donors (Lipinski definition) is 2. The fraction of sp³-hybridized carbons (Fsp3) is 0.310. The van der Waals surface area contributed by atoms with Crippen LogP contribution in [-0.4, -0.2) is 72.5 Å². The van der Waals surface area contributed by atoms with Gasteiger partial charge in [0.2, 0.25) is 11.8 Å². The van der Waals surface area contributed by atoms with E-state index >= 15 is 0 Å². The highest BCUT2D eigenvalue weighted by molar-refractivity contribution is 6.32. The first kappa shape index (κ1) is 26.0. The number of likely N-dealkylation sites (tertiary alicyclic amines) is 1. The maximum absolute atomic E-state index is 13.2. The van der Waals surface area contributed by atoms with Gasteiger partial charge >= 0.3 is 0 Å². The van der Waals surface area contributed by atoms with Gasteiger partial charge in [-0.3, -0.25) is 14.5 Å². The minimum atomic E-state index is -0.246. The Morgan fingerprint density at radius 1 is 0.921 bits per heavy atom. The molecule has 1 atom stereocenters. The van der Waals surface area contributed by atoms with Gasteiger partial charge < -0.3 is 20.2 Å². The molecule has 0 aromatic heterocycles. The number of halogens is 2. The van der Waals surface area contributed by atoms with Gasteiger partial charge in [-0.1, -0.05) is 35.9 Å². The van der Waals surface area contributed by atoms with E-state index < -0.39 is 0 Å². The largest absolute Gasteiger partial charge is 0.506 e. The van der Waals surface area contributed by atoms with Gasteiger partial charge in [0, 0.05) is 44.1 Å². The molecule has 3 aromatic rings. The summed E-state index contributed by atoms with van der Waals surface area (Å²) < 4.78 is 13.2. The molecule has 9 heteroatoms. The third kappa shape index (κ3) is 6.09. The van der Waals surface area contributed by atoms with Crippen molar-refractivity contribution in [1.29, 1.82) is 0 Å². The van der Waals surface area contributed by atoms with Gasteiger partial charge in [0.1, 0.15) is 11.6 Å². The molecule has 0 radical (unpaired) electrons. The normalized spacial score (nSPS) is 18.0. The minimum absolute atomic E-state index is 0.0316. The molecule has 0 bridgehead atoms. The Morgan fingerprint density at radius 2 is 1.58 bits per heavy atom. The number of amides is 2. The van der Waals surface area contributed by atoms with E-state index in [1.807, 2.05) is 21.9 Å². The van der Waals surface area contributed by atoms with Crippen molar-refractivity contribution >= 4 is 34.8 Å². The average Bonchev–Trinajstić information content (AvgIpc) is 3.40. The number of carbonyl (C=O) groups is 2. The lowest BCUT2D eigenvalue weighted by Gasteiger charge is -2.36. The molecule has 0 aliphatic carbocycles. The molecule has 7 nitrogen and oxygen atoms in total. The highest BCUT2D eigenvalue weighted by Gasteiger charge is 2.31. The number of carbonyl (C=O) groups excluding carboxylic acids is 2. The topological polar surface area (TPSA) is 76.1 Å².